The van der Waals surface area contributed by atoms with Gasteiger partial charge in [-0.1, -0.05) is 36.5 Å². The molecule has 3 N–H and O–H groups in total. The van der Waals surface area contributed by atoms with E-state index >= 15 is 0 Å². The molecule has 0 bridgehead atoms. The molecule has 0 aliphatic heterocycles. The molecule has 0 radical (unpaired) electrons. The summed E-state index contributed by atoms with van der Waals surface area (Å²) in [4.78, 5) is 1.48. The monoisotopic (exact) mass is 318 g/mol. The lowest BCUT2D eigenvalue weighted by molar-refractivity contribution is 0.410. The molecule has 5 heteroatoms. The third-order valence-electron chi connectivity index (χ3n) is 3.15. The second-order valence-corrected chi connectivity index (χ2v) is 5.70. The lowest BCUT2D eigenvalue weighted by Crippen LogP contribution is -2.14. The summed E-state index contributed by atoms with van der Waals surface area (Å²) in [5.41, 5.74) is 8.80. The Morgan fingerprint density at radius 1 is 1.24 bits per heavy atom. The SMILES string of the molecule is COc1ccccc1CNc1cccc(SC)c1C(N)=S. The number of ether oxygens (including phenoxy) is 1. The Balaban J connectivity index is 2.26. The summed E-state index contributed by atoms with van der Waals surface area (Å²) in [6, 6.07) is 13.9. The molecule has 2 rings (SSSR count). The summed E-state index contributed by atoms with van der Waals surface area (Å²) in [5, 5.41) is 3.40. The van der Waals surface area contributed by atoms with Crippen LogP contribution in [-0.4, -0.2) is 18.4 Å². The van der Waals surface area contributed by atoms with E-state index in [1.165, 1.54) is 0 Å². The second-order valence-electron chi connectivity index (χ2n) is 4.41. The number of hydrogen-bond acceptors (Lipinski definition) is 4. The summed E-state index contributed by atoms with van der Waals surface area (Å²) in [5.74, 6) is 0.864. The van der Waals surface area contributed by atoms with E-state index in [9.17, 15) is 0 Å². The van der Waals surface area contributed by atoms with Gasteiger partial charge in [-0.15, -0.1) is 11.8 Å². The average Bonchev–Trinajstić information content (AvgIpc) is 2.52. The molecular weight excluding hydrogens is 300 g/mol. The maximum Gasteiger partial charge on any atom is 0.123 e. The molecule has 0 atom stereocenters. The van der Waals surface area contributed by atoms with Gasteiger partial charge in [0.25, 0.3) is 0 Å². The van der Waals surface area contributed by atoms with Crippen molar-refractivity contribution in [1.82, 2.24) is 0 Å². The zero-order chi connectivity index (χ0) is 15.2. The van der Waals surface area contributed by atoms with Crippen molar-refractivity contribution in [3.05, 3.63) is 53.6 Å². The number of para-hydroxylation sites is 1. The highest BCUT2D eigenvalue weighted by atomic mass is 32.2. The van der Waals surface area contributed by atoms with Crippen molar-refractivity contribution < 1.29 is 4.74 Å². The fourth-order valence-corrected chi connectivity index (χ4v) is 3.07. The molecule has 0 amide bonds. The second kappa shape index (κ2) is 7.33. The van der Waals surface area contributed by atoms with Crippen LogP contribution in [0.1, 0.15) is 11.1 Å². The van der Waals surface area contributed by atoms with Gasteiger partial charge in [-0.3, -0.25) is 0 Å². The Bertz CT molecular complexity index is 644. The predicted octanol–water partition coefficient (Wildman–Crippen LogP) is 3.66. The number of thiocarbonyl (C=S) groups is 1. The molecule has 0 fully saturated rings. The number of benzene rings is 2. The Morgan fingerprint density at radius 2 is 2.00 bits per heavy atom. The highest BCUT2D eigenvalue weighted by Crippen LogP contribution is 2.28. The van der Waals surface area contributed by atoms with Crippen LogP contribution in [0.3, 0.4) is 0 Å². The van der Waals surface area contributed by atoms with Gasteiger partial charge in [-0.05, 0) is 24.5 Å². The third kappa shape index (κ3) is 3.68. The summed E-state index contributed by atoms with van der Waals surface area (Å²) in [7, 11) is 1.67. The van der Waals surface area contributed by atoms with Crippen LogP contribution < -0.4 is 15.8 Å². The third-order valence-corrected chi connectivity index (χ3v) is 4.14. The van der Waals surface area contributed by atoms with Crippen molar-refractivity contribution in [3.63, 3.8) is 0 Å². The zero-order valence-corrected chi connectivity index (χ0v) is 13.7. The Hall–Kier alpha value is -1.72. The minimum absolute atomic E-state index is 0.405. The number of methoxy groups -OCH3 is 1. The number of thioether (sulfide) groups is 1. The summed E-state index contributed by atoms with van der Waals surface area (Å²) < 4.78 is 5.36. The largest absolute Gasteiger partial charge is 0.496 e. The van der Waals surface area contributed by atoms with E-state index < -0.39 is 0 Å². The number of rotatable bonds is 6. The Morgan fingerprint density at radius 3 is 2.67 bits per heavy atom. The zero-order valence-electron chi connectivity index (χ0n) is 12.1. The van der Waals surface area contributed by atoms with E-state index in [2.05, 4.69) is 5.32 Å². The van der Waals surface area contributed by atoms with Gasteiger partial charge in [0.2, 0.25) is 0 Å². The Labute approximate surface area is 134 Å². The lowest BCUT2D eigenvalue weighted by atomic mass is 10.1. The first-order chi connectivity index (χ1) is 10.2. The summed E-state index contributed by atoms with van der Waals surface area (Å²) in [6.07, 6.45) is 2.01. The normalized spacial score (nSPS) is 10.2. The summed E-state index contributed by atoms with van der Waals surface area (Å²) >= 11 is 6.82. The molecule has 2 aromatic carbocycles. The standard InChI is InChI=1S/C16H18N2OS2/c1-19-13-8-4-3-6-11(13)10-18-12-7-5-9-14(21-2)15(12)16(17)20/h3-9,18H,10H2,1-2H3,(H2,17,20). The maximum atomic E-state index is 5.87. The molecular formula is C16H18N2OS2. The van der Waals surface area contributed by atoms with Gasteiger partial charge < -0.3 is 15.8 Å². The van der Waals surface area contributed by atoms with Crippen LogP contribution in [0.2, 0.25) is 0 Å². The molecule has 0 aliphatic carbocycles. The molecule has 110 valence electrons. The van der Waals surface area contributed by atoms with Crippen LogP contribution in [0.4, 0.5) is 5.69 Å². The fourth-order valence-electron chi connectivity index (χ4n) is 2.14. The number of hydrogen-bond donors (Lipinski definition) is 2. The van der Waals surface area contributed by atoms with E-state index in [-0.39, 0.29) is 0 Å². The number of anilines is 1. The first-order valence-corrected chi connectivity index (χ1v) is 8.13. The highest BCUT2D eigenvalue weighted by molar-refractivity contribution is 7.98. The van der Waals surface area contributed by atoms with Gasteiger partial charge in [-0.25, -0.2) is 0 Å². The number of nitrogens with one attached hydrogen (secondary N) is 1. The number of nitrogens with two attached hydrogens (primary N) is 1. The minimum Gasteiger partial charge on any atom is -0.496 e. The Kier molecular flexibility index (Phi) is 5.47. The quantitative estimate of drug-likeness (QED) is 0.629. The smallest absolute Gasteiger partial charge is 0.123 e. The van der Waals surface area contributed by atoms with Crippen LogP contribution in [0.15, 0.2) is 47.4 Å². The van der Waals surface area contributed by atoms with Crippen molar-refractivity contribution >= 4 is 34.7 Å². The molecule has 0 unspecified atom stereocenters. The molecule has 3 nitrogen and oxygen atoms in total. The molecule has 0 heterocycles. The topological polar surface area (TPSA) is 47.3 Å². The molecule has 21 heavy (non-hydrogen) atoms. The van der Waals surface area contributed by atoms with Gasteiger partial charge >= 0.3 is 0 Å². The molecule has 0 saturated carbocycles. The van der Waals surface area contributed by atoms with Gasteiger partial charge in [0.15, 0.2) is 0 Å². The van der Waals surface area contributed by atoms with Crippen molar-refractivity contribution in [2.75, 3.05) is 18.7 Å². The van der Waals surface area contributed by atoms with E-state index in [0.29, 0.717) is 11.5 Å². The van der Waals surface area contributed by atoms with Crippen LogP contribution in [-0.2, 0) is 6.54 Å². The van der Waals surface area contributed by atoms with Crippen molar-refractivity contribution in [2.45, 2.75) is 11.4 Å². The van der Waals surface area contributed by atoms with Crippen LogP contribution in [0, 0.1) is 0 Å². The molecule has 2 aromatic rings. The van der Waals surface area contributed by atoms with E-state index in [4.69, 9.17) is 22.7 Å². The molecule has 0 aromatic heterocycles. The van der Waals surface area contributed by atoms with Gasteiger partial charge in [0, 0.05) is 28.3 Å². The predicted molar refractivity (Wildman–Crippen MR) is 94.4 cm³/mol. The average molecular weight is 318 g/mol. The van der Waals surface area contributed by atoms with Crippen molar-refractivity contribution in [1.29, 1.82) is 0 Å². The maximum absolute atomic E-state index is 5.87. The highest BCUT2D eigenvalue weighted by Gasteiger charge is 2.11. The molecule has 0 saturated heterocycles. The lowest BCUT2D eigenvalue weighted by Gasteiger charge is -2.15. The van der Waals surface area contributed by atoms with Gasteiger partial charge in [0.05, 0.1) is 7.11 Å². The van der Waals surface area contributed by atoms with E-state index in [0.717, 1.165) is 27.5 Å². The van der Waals surface area contributed by atoms with Gasteiger partial charge in [0.1, 0.15) is 10.7 Å². The van der Waals surface area contributed by atoms with Gasteiger partial charge in [-0.2, -0.15) is 0 Å². The van der Waals surface area contributed by atoms with Crippen LogP contribution in [0.25, 0.3) is 0 Å². The minimum atomic E-state index is 0.405. The first-order valence-electron chi connectivity index (χ1n) is 6.50. The van der Waals surface area contributed by atoms with Crippen LogP contribution in [0.5, 0.6) is 5.75 Å². The molecule has 0 spiro atoms. The van der Waals surface area contributed by atoms with E-state index in [1.807, 2.05) is 48.7 Å². The first kappa shape index (κ1) is 15.7. The fraction of sp³-hybridized carbons (Fsp3) is 0.188. The van der Waals surface area contributed by atoms with E-state index in [1.54, 1.807) is 18.9 Å². The van der Waals surface area contributed by atoms with Crippen molar-refractivity contribution in [3.8, 4) is 5.75 Å². The van der Waals surface area contributed by atoms with Crippen LogP contribution >= 0.6 is 24.0 Å². The summed E-state index contributed by atoms with van der Waals surface area (Å²) in [6.45, 7) is 0.650. The van der Waals surface area contributed by atoms with Crippen molar-refractivity contribution in [2.24, 2.45) is 5.73 Å². The molecule has 0 aliphatic rings.